The van der Waals surface area contributed by atoms with Gasteiger partial charge < -0.3 is 10.5 Å². The van der Waals surface area contributed by atoms with E-state index in [1.54, 1.807) is 11.8 Å². The van der Waals surface area contributed by atoms with Gasteiger partial charge in [0.05, 0.1) is 11.6 Å². The van der Waals surface area contributed by atoms with Crippen LogP contribution in [-0.2, 0) is 11.3 Å². The Labute approximate surface area is 117 Å². The summed E-state index contributed by atoms with van der Waals surface area (Å²) < 4.78 is 5.66. The van der Waals surface area contributed by atoms with Crippen molar-refractivity contribution in [2.24, 2.45) is 5.73 Å². The van der Waals surface area contributed by atoms with E-state index >= 15 is 0 Å². The van der Waals surface area contributed by atoms with Gasteiger partial charge in [0.2, 0.25) is 0 Å². The predicted molar refractivity (Wildman–Crippen MR) is 79.3 cm³/mol. The van der Waals surface area contributed by atoms with Crippen LogP contribution in [-0.4, -0.2) is 23.4 Å². The van der Waals surface area contributed by atoms with Gasteiger partial charge in [0, 0.05) is 24.3 Å². The lowest BCUT2D eigenvalue weighted by Crippen LogP contribution is -2.09. The first-order chi connectivity index (χ1) is 9.36. The summed E-state index contributed by atoms with van der Waals surface area (Å²) in [7, 11) is 0. The zero-order valence-corrected chi connectivity index (χ0v) is 11.7. The van der Waals surface area contributed by atoms with Gasteiger partial charge in [-0.05, 0) is 30.5 Å². The minimum Gasteiger partial charge on any atom is -0.377 e. The standard InChI is InChI=1S/C15H18N2OS/c16-9-12-8-11-4-1-2-6-14(11)17-15(12)19-10-13-5-3-7-18-13/h1-2,4,6,8,13H,3,5,7,9-10,16H2. The highest BCUT2D eigenvalue weighted by Crippen LogP contribution is 2.27. The molecular formula is C15H18N2OS. The topological polar surface area (TPSA) is 48.1 Å². The first-order valence-electron chi connectivity index (χ1n) is 6.70. The number of pyridine rings is 1. The number of thioether (sulfide) groups is 1. The van der Waals surface area contributed by atoms with Crippen molar-refractivity contribution in [2.75, 3.05) is 12.4 Å². The minimum atomic E-state index is 0.379. The number of hydrogen-bond acceptors (Lipinski definition) is 4. The Morgan fingerprint density at radius 1 is 1.37 bits per heavy atom. The molecule has 0 amide bonds. The Morgan fingerprint density at radius 2 is 2.26 bits per heavy atom. The van der Waals surface area contributed by atoms with E-state index in [1.807, 2.05) is 18.2 Å². The lowest BCUT2D eigenvalue weighted by atomic mass is 10.1. The fourth-order valence-electron chi connectivity index (χ4n) is 2.36. The molecule has 0 radical (unpaired) electrons. The third-order valence-electron chi connectivity index (χ3n) is 3.41. The molecular weight excluding hydrogens is 256 g/mol. The molecule has 1 atom stereocenters. The predicted octanol–water partition coefficient (Wildman–Crippen LogP) is 2.96. The van der Waals surface area contributed by atoms with Crippen LogP contribution in [0, 0.1) is 0 Å². The third-order valence-corrected chi connectivity index (χ3v) is 4.58. The molecule has 1 unspecified atom stereocenters. The van der Waals surface area contributed by atoms with Crippen molar-refractivity contribution in [3.8, 4) is 0 Å². The third kappa shape index (κ3) is 2.91. The van der Waals surface area contributed by atoms with E-state index in [-0.39, 0.29) is 0 Å². The van der Waals surface area contributed by atoms with Gasteiger partial charge in [-0.15, -0.1) is 11.8 Å². The van der Waals surface area contributed by atoms with Gasteiger partial charge in [-0.25, -0.2) is 4.98 Å². The van der Waals surface area contributed by atoms with Crippen LogP contribution in [0.1, 0.15) is 18.4 Å². The van der Waals surface area contributed by atoms with Gasteiger partial charge in [0.1, 0.15) is 5.03 Å². The number of rotatable bonds is 4. The molecule has 19 heavy (non-hydrogen) atoms. The molecule has 2 N–H and O–H groups in total. The average Bonchev–Trinajstić information content (AvgIpc) is 2.97. The van der Waals surface area contributed by atoms with Gasteiger partial charge in [0.15, 0.2) is 0 Å². The lowest BCUT2D eigenvalue weighted by Gasteiger charge is -2.11. The van der Waals surface area contributed by atoms with Crippen LogP contribution in [0.25, 0.3) is 10.9 Å². The van der Waals surface area contributed by atoms with E-state index in [9.17, 15) is 0 Å². The second-order valence-electron chi connectivity index (χ2n) is 4.80. The van der Waals surface area contributed by atoms with E-state index in [0.717, 1.165) is 33.9 Å². The van der Waals surface area contributed by atoms with Crippen LogP contribution in [0.2, 0.25) is 0 Å². The molecule has 4 heteroatoms. The smallest absolute Gasteiger partial charge is 0.101 e. The summed E-state index contributed by atoms with van der Waals surface area (Å²) in [5.41, 5.74) is 8.00. The number of aromatic nitrogens is 1. The van der Waals surface area contributed by atoms with Crippen LogP contribution in [0.5, 0.6) is 0 Å². The molecule has 1 aromatic heterocycles. The quantitative estimate of drug-likeness (QED) is 0.871. The number of para-hydroxylation sites is 1. The lowest BCUT2D eigenvalue weighted by molar-refractivity contribution is 0.129. The normalized spacial score (nSPS) is 19.1. The Hall–Kier alpha value is -1.10. The summed E-state index contributed by atoms with van der Waals surface area (Å²) >= 11 is 1.77. The van der Waals surface area contributed by atoms with Crippen molar-refractivity contribution < 1.29 is 4.74 Å². The Kier molecular flexibility index (Phi) is 4.01. The summed E-state index contributed by atoms with van der Waals surface area (Å²) in [5, 5.41) is 2.21. The highest BCUT2D eigenvalue weighted by Gasteiger charge is 2.17. The molecule has 0 saturated carbocycles. The monoisotopic (exact) mass is 274 g/mol. The molecule has 0 aliphatic carbocycles. The molecule has 3 rings (SSSR count). The van der Waals surface area contributed by atoms with Crippen LogP contribution in [0.3, 0.4) is 0 Å². The Bertz CT molecular complexity index is 567. The molecule has 1 aromatic carbocycles. The van der Waals surface area contributed by atoms with E-state index in [1.165, 1.54) is 12.8 Å². The molecule has 1 saturated heterocycles. The van der Waals surface area contributed by atoms with Gasteiger partial charge in [-0.1, -0.05) is 18.2 Å². The summed E-state index contributed by atoms with van der Waals surface area (Å²) in [6.07, 6.45) is 2.72. The van der Waals surface area contributed by atoms with Gasteiger partial charge in [-0.3, -0.25) is 0 Å². The first-order valence-corrected chi connectivity index (χ1v) is 7.68. The highest BCUT2D eigenvalue weighted by molar-refractivity contribution is 7.99. The van der Waals surface area contributed by atoms with Crippen LogP contribution in [0.4, 0.5) is 0 Å². The van der Waals surface area contributed by atoms with Crippen molar-refractivity contribution >= 4 is 22.7 Å². The number of benzene rings is 1. The number of nitrogens with two attached hydrogens (primary N) is 1. The molecule has 1 fully saturated rings. The van der Waals surface area contributed by atoms with E-state index in [4.69, 9.17) is 15.5 Å². The van der Waals surface area contributed by atoms with Gasteiger partial charge in [0.25, 0.3) is 0 Å². The van der Waals surface area contributed by atoms with E-state index in [2.05, 4.69) is 12.1 Å². The fraction of sp³-hybridized carbons (Fsp3) is 0.400. The highest BCUT2D eigenvalue weighted by atomic mass is 32.2. The van der Waals surface area contributed by atoms with Crippen molar-refractivity contribution in [1.29, 1.82) is 0 Å². The van der Waals surface area contributed by atoms with Crippen LogP contribution in [0.15, 0.2) is 35.4 Å². The Balaban J connectivity index is 1.83. The Morgan fingerprint density at radius 3 is 3.05 bits per heavy atom. The number of ether oxygens (including phenoxy) is 1. The van der Waals surface area contributed by atoms with E-state index in [0.29, 0.717) is 12.6 Å². The molecule has 3 nitrogen and oxygen atoms in total. The molecule has 0 spiro atoms. The largest absolute Gasteiger partial charge is 0.377 e. The van der Waals surface area contributed by atoms with Crippen LogP contribution >= 0.6 is 11.8 Å². The minimum absolute atomic E-state index is 0.379. The van der Waals surface area contributed by atoms with E-state index < -0.39 is 0 Å². The van der Waals surface area contributed by atoms with Gasteiger partial charge >= 0.3 is 0 Å². The maximum absolute atomic E-state index is 5.84. The fourth-order valence-corrected chi connectivity index (χ4v) is 3.46. The summed E-state index contributed by atoms with van der Waals surface area (Å²) in [4.78, 5) is 4.73. The number of hydrogen-bond donors (Lipinski definition) is 1. The molecule has 2 aromatic rings. The maximum atomic E-state index is 5.84. The second-order valence-corrected chi connectivity index (χ2v) is 5.80. The van der Waals surface area contributed by atoms with Crippen molar-refractivity contribution in [1.82, 2.24) is 4.98 Å². The maximum Gasteiger partial charge on any atom is 0.101 e. The van der Waals surface area contributed by atoms with Crippen molar-refractivity contribution in [3.05, 3.63) is 35.9 Å². The zero-order valence-electron chi connectivity index (χ0n) is 10.8. The molecule has 1 aliphatic heterocycles. The summed E-state index contributed by atoms with van der Waals surface area (Å²) in [6, 6.07) is 10.3. The second kappa shape index (κ2) is 5.90. The zero-order chi connectivity index (χ0) is 13.1. The average molecular weight is 274 g/mol. The summed E-state index contributed by atoms with van der Waals surface area (Å²) in [5.74, 6) is 0.971. The molecule has 0 bridgehead atoms. The molecule has 100 valence electrons. The SMILES string of the molecule is NCc1cc2ccccc2nc1SCC1CCCO1. The van der Waals surface area contributed by atoms with Crippen LogP contribution < -0.4 is 5.73 Å². The van der Waals surface area contributed by atoms with Gasteiger partial charge in [-0.2, -0.15) is 0 Å². The summed E-state index contributed by atoms with van der Waals surface area (Å²) in [6.45, 7) is 1.44. The number of fused-ring (bicyclic) bond motifs is 1. The van der Waals surface area contributed by atoms with Crippen molar-refractivity contribution in [3.63, 3.8) is 0 Å². The number of nitrogens with zero attached hydrogens (tertiary/aromatic N) is 1. The molecule has 1 aliphatic rings. The van der Waals surface area contributed by atoms with Crippen molar-refractivity contribution in [2.45, 2.75) is 30.5 Å². The first kappa shape index (κ1) is 12.9. The molecule has 2 heterocycles.